The van der Waals surface area contributed by atoms with Gasteiger partial charge in [0.25, 0.3) is 5.91 Å². The van der Waals surface area contributed by atoms with Gasteiger partial charge in [0.1, 0.15) is 11.5 Å². The van der Waals surface area contributed by atoms with Gasteiger partial charge in [0, 0.05) is 17.8 Å². The van der Waals surface area contributed by atoms with Crippen molar-refractivity contribution in [2.75, 3.05) is 36.2 Å². The smallest absolute Gasteiger partial charge is 0.265 e. The SMILES string of the molecule is CCCN1C(=O)COc2ccc(C(=O)C(C)SCC(=O)Nc3ccc(OC)cc3)cc21. The second-order valence-corrected chi connectivity index (χ2v) is 8.44. The lowest BCUT2D eigenvalue weighted by Crippen LogP contribution is -2.39. The number of fused-ring (bicyclic) bond motifs is 1. The standard InChI is InChI=1S/C23H26N2O5S/c1-4-11-25-19-12-16(5-10-20(19)30-13-22(25)27)23(28)15(2)31-14-21(26)24-17-6-8-18(29-3)9-7-17/h5-10,12,15H,4,11,13-14H2,1-3H3,(H,24,26). The summed E-state index contributed by atoms with van der Waals surface area (Å²) in [5.41, 5.74) is 1.79. The summed E-state index contributed by atoms with van der Waals surface area (Å²) in [6, 6.07) is 12.2. The molecule has 3 rings (SSSR count). The van der Waals surface area contributed by atoms with Crippen molar-refractivity contribution in [1.29, 1.82) is 0 Å². The van der Waals surface area contributed by atoms with Crippen molar-refractivity contribution in [2.24, 2.45) is 0 Å². The number of nitrogens with zero attached hydrogens (tertiary/aromatic N) is 1. The van der Waals surface area contributed by atoms with E-state index in [0.717, 1.165) is 6.42 Å². The number of ketones is 1. The van der Waals surface area contributed by atoms with Gasteiger partial charge in [-0.15, -0.1) is 11.8 Å². The molecule has 0 fully saturated rings. The summed E-state index contributed by atoms with van der Waals surface area (Å²) in [5, 5.41) is 2.39. The number of thioether (sulfide) groups is 1. The number of carbonyl (C=O) groups is 3. The molecule has 0 spiro atoms. The van der Waals surface area contributed by atoms with Crippen LogP contribution < -0.4 is 19.7 Å². The minimum absolute atomic E-state index is 0.00978. The van der Waals surface area contributed by atoms with Crippen LogP contribution in [0.3, 0.4) is 0 Å². The zero-order valence-electron chi connectivity index (χ0n) is 17.8. The summed E-state index contributed by atoms with van der Waals surface area (Å²) in [6.45, 7) is 4.35. The molecular weight excluding hydrogens is 416 g/mol. The number of hydrogen-bond acceptors (Lipinski definition) is 6. The predicted molar refractivity (Wildman–Crippen MR) is 122 cm³/mol. The van der Waals surface area contributed by atoms with Crippen LogP contribution in [-0.4, -0.2) is 48.9 Å². The Kier molecular flexibility index (Phi) is 7.57. The number of benzene rings is 2. The van der Waals surface area contributed by atoms with Gasteiger partial charge in [-0.05, 0) is 55.8 Å². The van der Waals surface area contributed by atoms with Gasteiger partial charge in [-0.3, -0.25) is 14.4 Å². The van der Waals surface area contributed by atoms with Gasteiger partial charge in [-0.25, -0.2) is 0 Å². The van der Waals surface area contributed by atoms with Crippen molar-refractivity contribution < 1.29 is 23.9 Å². The molecule has 1 atom stereocenters. The Morgan fingerprint density at radius 2 is 1.97 bits per heavy atom. The molecule has 0 saturated heterocycles. The number of amides is 2. The average Bonchev–Trinajstić information content (AvgIpc) is 2.79. The topological polar surface area (TPSA) is 84.9 Å². The molecule has 8 heteroatoms. The number of nitrogens with one attached hydrogen (secondary N) is 1. The second-order valence-electron chi connectivity index (χ2n) is 7.11. The van der Waals surface area contributed by atoms with Crippen molar-refractivity contribution in [2.45, 2.75) is 25.5 Å². The quantitative estimate of drug-likeness (QED) is 0.595. The largest absolute Gasteiger partial charge is 0.497 e. The van der Waals surface area contributed by atoms with Crippen molar-refractivity contribution in [1.82, 2.24) is 0 Å². The Morgan fingerprint density at radius 3 is 2.65 bits per heavy atom. The Morgan fingerprint density at radius 1 is 1.23 bits per heavy atom. The molecule has 0 saturated carbocycles. The summed E-state index contributed by atoms with van der Waals surface area (Å²) < 4.78 is 10.6. The third kappa shape index (κ3) is 5.58. The van der Waals surface area contributed by atoms with E-state index >= 15 is 0 Å². The van der Waals surface area contributed by atoms with E-state index in [4.69, 9.17) is 9.47 Å². The van der Waals surface area contributed by atoms with Crippen LogP contribution in [0.15, 0.2) is 42.5 Å². The summed E-state index contributed by atoms with van der Waals surface area (Å²) in [5.74, 6) is 1.06. The fraction of sp³-hybridized carbons (Fsp3) is 0.348. The van der Waals surface area contributed by atoms with Crippen LogP contribution in [0.4, 0.5) is 11.4 Å². The average molecular weight is 443 g/mol. The highest BCUT2D eigenvalue weighted by Gasteiger charge is 2.27. The van der Waals surface area contributed by atoms with Gasteiger partial charge >= 0.3 is 0 Å². The van der Waals surface area contributed by atoms with Crippen molar-refractivity contribution in [3.05, 3.63) is 48.0 Å². The number of carbonyl (C=O) groups excluding carboxylic acids is 3. The molecule has 1 unspecified atom stereocenters. The first-order valence-corrected chi connectivity index (χ1v) is 11.1. The molecular formula is C23H26N2O5S. The fourth-order valence-electron chi connectivity index (χ4n) is 3.21. The van der Waals surface area contributed by atoms with Gasteiger partial charge in [-0.2, -0.15) is 0 Å². The first kappa shape index (κ1) is 22.7. The Labute approximate surface area is 186 Å². The first-order valence-electron chi connectivity index (χ1n) is 10.1. The van der Waals surface area contributed by atoms with E-state index in [1.54, 1.807) is 61.4 Å². The molecule has 0 radical (unpaired) electrons. The van der Waals surface area contributed by atoms with Crippen LogP contribution in [0, 0.1) is 0 Å². The van der Waals surface area contributed by atoms with E-state index in [2.05, 4.69) is 5.32 Å². The predicted octanol–water partition coefficient (Wildman–Crippen LogP) is 3.77. The molecule has 1 heterocycles. The van der Waals surface area contributed by atoms with Gasteiger partial charge in [0.05, 0.1) is 23.8 Å². The Bertz CT molecular complexity index is 961. The van der Waals surface area contributed by atoms with Gasteiger partial charge < -0.3 is 19.7 Å². The van der Waals surface area contributed by atoms with Crippen LogP contribution in [0.25, 0.3) is 0 Å². The lowest BCUT2D eigenvalue weighted by molar-refractivity contribution is -0.121. The molecule has 1 N–H and O–H groups in total. The van der Waals surface area contributed by atoms with Crippen molar-refractivity contribution >= 4 is 40.7 Å². The van der Waals surface area contributed by atoms with Gasteiger partial charge in [0.2, 0.25) is 5.91 Å². The maximum Gasteiger partial charge on any atom is 0.265 e. The zero-order chi connectivity index (χ0) is 22.4. The summed E-state index contributed by atoms with van der Waals surface area (Å²) in [4.78, 5) is 39.0. The van der Waals surface area contributed by atoms with E-state index in [-0.39, 0.29) is 30.0 Å². The number of ether oxygens (including phenoxy) is 2. The zero-order valence-corrected chi connectivity index (χ0v) is 18.7. The molecule has 2 aromatic carbocycles. The Hall–Kier alpha value is -3.00. The number of methoxy groups -OCH3 is 1. The number of Topliss-reactive ketones (excluding diaryl/α,β-unsaturated/α-hetero) is 1. The highest BCUT2D eigenvalue weighted by Crippen LogP contribution is 2.34. The summed E-state index contributed by atoms with van der Waals surface area (Å²) >= 11 is 1.27. The van der Waals surface area contributed by atoms with Crippen LogP contribution in [0.1, 0.15) is 30.6 Å². The minimum Gasteiger partial charge on any atom is -0.497 e. The van der Waals surface area contributed by atoms with Crippen LogP contribution in [-0.2, 0) is 9.59 Å². The maximum atomic E-state index is 12.9. The van der Waals surface area contributed by atoms with Crippen molar-refractivity contribution in [3.63, 3.8) is 0 Å². The second kappa shape index (κ2) is 10.3. The van der Waals surface area contributed by atoms with Crippen LogP contribution in [0.5, 0.6) is 11.5 Å². The maximum absolute atomic E-state index is 12.9. The third-order valence-corrected chi connectivity index (χ3v) is 5.98. The molecule has 1 aliphatic heterocycles. The number of anilines is 2. The normalized spacial score (nSPS) is 13.8. The molecule has 2 amide bonds. The lowest BCUT2D eigenvalue weighted by atomic mass is 10.1. The molecule has 164 valence electrons. The van der Waals surface area contributed by atoms with E-state index < -0.39 is 5.25 Å². The molecule has 0 aliphatic carbocycles. The highest BCUT2D eigenvalue weighted by atomic mass is 32.2. The van der Waals surface area contributed by atoms with Crippen LogP contribution in [0.2, 0.25) is 0 Å². The van der Waals surface area contributed by atoms with E-state index in [1.165, 1.54) is 11.8 Å². The van der Waals surface area contributed by atoms with E-state index in [9.17, 15) is 14.4 Å². The van der Waals surface area contributed by atoms with Gasteiger partial charge in [-0.1, -0.05) is 6.92 Å². The monoisotopic (exact) mass is 442 g/mol. The molecule has 0 aromatic heterocycles. The molecule has 31 heavy (non-hydrogen) atoms. The van der Waals surface area contributed by atoms with E-state index in [1.807, 2.05) is 6.92 Å². The minimum atomic E-state index is -0.417. The summed E-state index contributed by atoms with van der Waals surface area (Å²) in [6.07, 6.45) is 0.804. The number of rotatable bonds is 9. The lowest BCUT2D eigenvalue weighted by Gasteiger charge is -2.29. The van der Waals surface area contributed by atoms with Gasteiger partial charge in [0.15, 0.2) is 12.4 Å². The summed E-state index contributed by atoms with van der Waals surface area (Å²) in [7, 11) is 1.58. The third-order valence-electron chi connectivity index (χ3n) is 4.84. The highest BCUT2D eigenvalue weighted by molar-refractivity contribution is 8.01. The van der Waals surface area contributed by atoms with E-state index in [0.29, 0.717) is 35.0 Å². The molecule has 7 nitrogen and oxygen atoms in total. The first-order chi connectivity index (χ1) is 14.9. The fourth-order valence-corrected chi connectivity index (χ4v) is 3.97. The molecule has 2 aromatic rings. The Balaban J connectivity index is 1.60. The van der Waals surface area contributed by atoms with Crippen LogP contribution >= 0.6 is 11.8 Å². The molecule has 1 aliphatic rings. The number of hydrogen-bond donors (Lipinski definition) is 1. The van der Waals surface area contributed by atoms with Crippen molar-refractivity contribution in [3.8, 4) is 11.5 Å². The molecule has 0 bridgehead atoms.